The monoisotopic (exact) mass is 656 g/mol. The van der Waals surface area contributed by atoms with Crippen LogP contribution >= 0.6 is 0 Å². The van der Waals surface area contributed by atoms with Crippen molar-refractivity contribution >= 4 is 0 Å². The van der Waals surface area contributed by atoms with Crippen molar-refractivity contribution in [3.8, 4) is 0 Å². The molecule has 2 rings (SSSR count). The Morgan fingerprint density at radius 2 is 0.809 bits per heavy atom. The average Bonchev–Trinajstić information content (AvgIpc) is 3.61. The number of allylic oxidation sites excluding steroid dienone is 6. The second-order valence-electron chi connectivity index (χ2n) is 15.3. The fourth-order valence-electron chi connectivity index (χ4n) is 7.57. The van der Waals surface area contributed by atoms with Crippen LogP contribution in [0, 0.1) is 0 Å². The molecule has 0 aromatic heterocycles. The summed E-state index contributed by atoms with van der Waals surface area (Å²) in [6, 6.07) is 0.607. The molecule has 0 N–H and O–H groups in total. The van der Waals surface area contributed by atoms with Gasteiger partial charge in [0.15, 0.2) is 5.79 Å². The third kappa shape index (κ3) is 21.0. The highest BCUT2D eigenvalue weighted by atomic mass is 16.8. The number of hydrogen-bond donors (Lipinski definition) is 0. The number of rotatable bonds is 32. The van der Waals surface area contributed by atoms with E-state index in [9.17, 15) is 0 Å². The van der Waals surface area contributed by atoms with Crippen LogP contribution in [0.2, 0.25) is 0 Å². The summed E-state index contributed by atoms with van der Waals surface area (Å²) in [7, 11) is 4.41. The van der Waals surface area contributed by atoms with Gasteiger partial charge >= 0.3 is 0 Å². The molecule has 1 saturated heterocycles. The first-order valence-electron chi connectivity index (χ1n) is 21.1. The standard InChI is InChI=1S/C44H81NO2/c1-5-7-9-11-13-15-17-19-21-23-25-27-29-31-33-35-37-44(46-42-39-41(45(3)4)40-43(42)47-44)38-36-34-32-30-28-26-24-22-20-18-16-14-12-10-8-6-2/h13,15,19-22,41-43H,5-12,14,16-18,23-40H2,1-4H3. The molecule has 0 bridgehead atoms. The molecule has 0 radical (unpaired) electrons. The summed E-state index contributed by atoms with van der Waals surface area (Å²) in [5, 5.41) is 0. The number of nitrogens with zero attached hydrogens (tertiary/aromatic N) is 1. The minimum Gasteiger partial charge on any atom is -0.344 e. The van der Waals surface area contributed by atoms with E-state index in [1.807, 2.05) is 0 Å². The fraction of sp³-hybridized carbons (Fsp3) is 0.864. The van der Waals surface area contributed by atoms with Crippen LogP contribution in [0.25, 0.3) is 0 Å². The maximum Gasteiger partial charge on any atom is 0.169 e. The highest BCUT2D eigenvalue weighted by Gasteiger charge is 2.51. The Morgan fingerprint density at radius 3 is 1.23 bits per heavy atom. The van der Waals surface area contributed by atoms with Crippen molar-refractivity contribution in [3.63, 3.8) is 0 Å². The van der Waals surface area contributed by atoms with Crippen LogP contribution in [0.5, 0.6) is 0 Å². The summed E-state index contributed by atoms with van der Waals surface area (Å²) in [5.74, 6) is -0.303. The summed E-state index contributed by atoms with van der Waals surface area (Å²) in [4.78, 5) is 2.36. The molecule has 0 amide bonds. The summed E-state index contributed by atoms with van der Waals surface area (Å²) >= 11 is 0. The predicted octanol–water partition coefficient (Wildman–Crippen LogP) is 13.8. The lowest BCUT2D eigenvalue weighted by atomic mass is 9.98. The van der Waals surface area contributed by atoms with Crippen LogP contribution in [-0.4, -0.2) is 43.0 Å². The third-order valence-corrected chi connectivity index (χ3v) is 10.7. The first kappa shape index (κ1) is 42.3. The number of hydrogen-bond acceptors (Lipinski definition) is 3. The van der Waals surface area contributed by atoms with Gasteiger partial charge in [-0.1, -0.05) is 147 Å². The Kier molecular flexibility index (Phi) is 26.0. The molecule has 0 spiro atoms. The van der Waals surface area contributed by atoms with E-state index >= 15 is 0 Å². The van der Waals surface area contributed by atoms with Crippen LogP contribution in [0.1, 0.15) is 206 Å². The molecule has 3 nitrogen and oxygen atoms in total. The Bertz CT molecular complexity index is 772. The molecule has 0 aromatic rings. The average molecular weight is 656 g/mol. The summed E-state index contributed by atoms with van der Waals surface area (Å²) < 4.78 is 13.7. The van der Waals surface area contributed by atoms with E-state index in [-0.39, 0.29) is 5.79 Å². The smallest absolute Gasteiger partial charge is 0.169 e. The van der Waals surface area contributed by atoms with E-state index < -0.39 is 0 Å². The molecule has 3 heteroatoms. The summed E-state index contributed by atoms with van der Waals surface area (Å²) in [6.45, 7) is 4.57. The van der Waals surface area contributed by atoms with Crippen molar-refractivity contribution in [1.29, 1.82) is 0 Å². The summed E-state index contributed by atoms with van der Waals surface area (Å²) in [6.07, 6.45) is 53.9. The van der Waals surface area contributed by atoms with Crippen LogP contribution in [-0.2, 0) is 9.47 Å². The van der Waals surface area contributed by atoms with Gasteiger partial charge in [-0.25, -0.2) is 0 Å². The molecular formula is C44H81NO2. The van der Waals surface area contributed by atoms with Gasteiger partial charge in [0.2, 0.25) is 0 Å². The number of unbranched alkanes of at least 4 members (excludes halogenated alkanes) is 21. The van der Waals surface area contributed by atoms with Crippen LogP contribution in [0.3, 0.4) is 0 Å². The highest BCUT2D eigenvalue weighted by Crippen LogP contribution is 2.44. The van der Waals surface area contributed by atoms with Crippen LogP contribution < -0.4 is 0 Å². The van der Waals surface area contributed by atoms with Crippen molar-refractivity contribution in [1.82, 2.24) is 4.90 Å². The zero-order valence-electron chi connectivity index (χ0n) is 32.2. The first-order chi connectivity index (χ1) is 23.1. The second-order valence-corrected chi connectivity index (χ2v) is 15.3. The molecular weight excluding hydrogens is 574 g/mol. The van der Waals surface area contributed by atoms with E-state index in [4.69, 9.17) is 9.47 Å². The molecule has 1 saturated carbocycles. The topological polar surface area (TPSA) is 21.7 Å². The number of ether oxygens (including phenoxy) is 2. The predicted molar refractivity (Wildman–Crippen MR) is 207 cm³/mol. The third-order valence-electron chi connectivity index (χ3n) is 10.7. The fourth-order valence-corrected chi connectivity index (χ4v) is 7.57. The van der Waals surface area contributed by atoms with Gasteiger partial charge in [0.1, 0.15) is 0 Å². The Morgan fingerprint density at radius 1 is 0.468 bits per heavy atom. The van der Waals surface area contributed by atoms with Gasteiger partial charge in [-0.15, -0.1) is 0 Å². The molecule has 47 heavy (non-hydrogen) atoms. The molecule has 1 heterocycles. The minimum absolute atomic E-state index is 0.303. The van der Waals surface area contributed by atoms with Crippen molar-refractivity contribution in [2.75, 3.05) is 14.1 Å². The quantitative estimate of drug-likeness (QED) is 0.0532. The first-order valence-corrected chi connectivity index (χ1v) is 21.1. The van der Waals surface area contributed by atoms with Crippen LogP contribution in [0.4, 0.5) is 0 Å². The maximum absolute atomic E-state index is 6.83. The lowest BCUT2D eigenvalue weighted by Crippen LogP contribution is -2.34. The van der Waals surface area contributed by atoms with E-state index in [0.717, 1.165) is 32.1 Å². The molecule has 274 valence electrons. The van der Waals surface area contributed by atoms with Crippen molar-refractivity contribution < 1.29 is 9.47 Å². The largest absolute Gasteiger partial charge is 0.344 e. The molecule has 2 atom stereocenters. The minimum atomic E-state index is -0.303. The zero-order chi connectivity index (χ0) is 33.7. The van der Waals surface area contributed by atoms with E-state index in [1.54, 1.807) is 0 Å². The molecule has 2 aliphatic rings. The zero-order valence-corrected chi connectivity index (χ0v) is 32.2. The Hall–Kier alpha value is -0.900. The molecule has 1 aliphatic heterocycles. The Balaban J connectivity index is 1.54. The molecule has 2 fully saturated rings. The normalized spacial score (nSPS) is 23.0. The lowest BCUT2D eigenvalue weighted by Gasteiger charge is -2.31. The maximum atomic E-state index is 6.83. The van der Waals surface area contributed by atoms with Crippen LogP contribution in [0.15, 0.2) is 36.5 Å². The molecule has 0 aromatic carbocycles. The van der Waals surface area contributed by atoms with Gasteiger partial charge < -0.3 is 14.4 Å². The van der Waals surface area contributed by atoms with E-state index in [0.29, 0.717) is 18.2 Å². The molecule has 2 unspecified atom stereocenters. The SMILES string of the molecule is CCCCCC=CCC=CCCCCCCCCC1(CCCCCCCCC=CCCCCCCCC)OC2CC(N(C)C)CC2O1. The van der Waals surface area contributed by atoms with Gasteiger partial charge in [-0.05, 0) is 97.6 Å². The van der Waals surface area contributed by atoms with Gasteiger partial charge in [0.25, 0.3) is 0 Å². The Labute approximate surface area is 294 Å². The van der Waals surface area contributed by atoms with Gasteiger partial charge in [0, 0.05) is 18.9 Å². The van der Waals surface area contributed by atoms with E-state index in [2.05, 4.69) is 69.3 Å². The number of fused-ring (bicyclic) bond motifs is 1. The lowest BCUT2D eigenvalue weighted by molar-refractivity contribution is -0.193. The summed E-state index contributed by atoms with van der Waals surface area (Å²) in [5.41, 5.74) is 0. The second kappa shape index (κ2) is 28.9. The molecule has 1 aliphatic carbocycles. The highest BCUT2D eigenvalue weighted by molar-refractivity contribution is 4.96. The van der Waals surface area contributed by atoms with E-state index in [1.165, 1.54) is 161 Å². The van der Waals surface area contributed by atoms with Crippen molar-refractivity contribution in [2.45, 2.75) is 231 Å². The van der Waals surface area contributed by atoms with Crippen molar-refractivity contribution in [2.24, 2.45) is 0 Å². The van der Waals surface area contributed by atoms with Gasteiger partial charge in [0.05, 0.1) is 12.2 Å². The van der Waals surface area contributed by atoms with Gasteiger partial charge in [-0.2, -0.15) is 0 Å². The van der Waals surface area contributed by atoms with Gasteiger partial charge in [-0.3, -0.25) is 0 Å². The van der Waals surface area contributed by atoms with Crippen molar-refractivity contribution in [3.05, 3.63) is 36.5 Å².